The van der Waals surface area contributed by atoms with E-state index in [1.165, 1.54) is 12.3 Å². The molecule has 0 aliphatic heterocycles. The van der Waals surface area contributed by atoms with Crippen LogP contribution in [-0.2, 0) is 6.54 Å². The second-order valence-corrected chi connectivity index (χ2v) is 3.49. The van der Waals surface area contributed by atoms with Crippen molar-refractivity contribution in [3.8, 4) is 0 Å². The smallest absolute Gasteiger partial charge is 0.260 e. The zero-order valence-corrected chi connectivity index (χ0v) is 9.36. The van der Waals surface area contributed by atoms with E-state index >= 15 is 0 Å². The predicted molar refractivity (Wildman–Crippen MR) is 59.6 cm³/mol. The molecule has 16 heavy (non-hydrogen) atoms. The molecular formula is C10H10ClN3O2. The largest absolute Gasteiger partial charge is 0.452 e. The van der Waals surface area contributed by atoms with Gasteiger partial charge in [0, 0.05) is 12.7 Å². The molecule has 0 unspecified atom stereocenters. The Morgan fingerprint density at radius 2 is 2.50 bits per heavy atom. The second-order valence-electron chi connectivity index (χ2n) is 3.15. The molecule has 0 aliphatic rings. The minimum atomic E-state index is -0.311. The van der Waals surface area contributed by atoms with E-state index in [0.717, 1.165) is 6.54 Å². The minimum Gasteiger partial charge on any atom is -0.452 e. The Morgan fingerprint density at radius 1 is 1.69 bits per heavy atom. The number of furan rings is 1. The number of halogens is 1. The van der Waals surface area contributed by atoms with E-state index in [0.29, 0.717) is 11.3 Å². The highest BCUT2D eigenvalue weighted by atomic mass is 35.5. The highest BCUT2D eigenvalue weighted by Gasteiger charge is 2.13. The van der Waals surface area contributed by atoms with Crippen LogP contribution in [0.1, 0.15) is 17.3 Å². The van der Waals surface area contributed by atoms with Crippen molar-refractivity contribution in [1.29, 1.82) is 0 Å². The van der Waals surface area contributed by atoms with Crippen LogP contribution in [0.25, 0.3) is 0 Å². The van der Waals surface area contributed by atoms with E-state index in [9.17, 15) is 4.79 Å². The standard InChI is InChI=1S/C10H10ClN3O2/c1-2-14-6-7(5-12-14)13-10(15)8-3-4-16-9(8)11/h3-6H,2H2,1H3,(H,13,15). The maximum Gasteiger partial charge on any atom is 0.260 e. The SMILES string of the molecule is CCn1cc(NC(=O)c2ccoc2Cl)cn1. The molecule has 0 aromatic carbocycles. The molecular weight excluding hydrogens is 230 g/mol. The molecule has 6 heteroatoms. The first-order valence-corrected chi connectivity index (χ1v) is 5.15. The van der Waals surface area contributed by atoms with Crippen molar-refractivity contribution in [2.75, 3.05) is 5.32 Å². The summed E-state index contributed by atoms with van der Waals surface area (Å²) in [6, 6.07) is 1.52. The van der Waals surface area contributed by atoms with E-state index < -0.39 is 0 Å². The molecule has 0 spiro atoms. The fraction of sp³-hybridized carbons (Fsp3) is 0.200. The number of anilines is 1. The fourth-order valence-electron chi connectivity index (χ4n) is 1.26. The summed E-state index contributed by atoms with van der Waals surface area (Å²) in [5.74, 6) is -0.311. The van der Waals surface area contributed by atoms with Gasteiger partial charge in [0.05, 0.1) is 23.7 Å². The maximum absolute atomic E-state index is 11.7. The average molecular weight is 240 g/mol. The van der Waals surface area contributed by atoms with Crippen molar-refractivity contribution in [1.82, 2.24) is 9.78 Å². The number of aryl methyl sites for hydroxylation is 1. The van der Waals surface area contributed by atoms with Gasteiger partial charge in [-0.25, -0.2) is 0 Å². The summed E-state index contributed by atoms with van der Waals surface area (Å²) in [6.45, 7) is 2.72. The first-order chi connectivity index (χ1) is 7.70. The molecule has 2 rings (SSSR count). The first kappa shape index (κ1) is 10.8. The van der Waals surface area contributed by atoms with E-state index in [2.05, 4.69) is 10.4 Å². The molecule has 2 heterocycles. The lowest BCUT2D eigenvalue weighted by molar-refractivity contribution is 0.102. The van der Waals surface area contributed by atoms with Crippen LogP contribution in [0.15, 0.2) is 29.1 Å². The number of rotatable bonds is 3. The van der Waals surface area contributed by atoms with Crippen LogP contribution in [0, 0.1) is 0 Å². The number of nitrogens with zero attached hydrogens (tertiary/aromatic N) is 2. The first-order valence-electron chi connectivity index (χ1n) is 4.77. The van der Waals surface area contributed by atoms with E-state index in [4.69, 9.17) is 16.0 Å². The normalized spacial score (nSPS) is 10.4. The third kappa shape index (κ3) is 2.09. The topological polar surface area (TPSA) is 60.1 Å². The fourth-order valence-corrected chi connectivity index (χ4v) is 1.46. The Kier molecular flexibility index (Phi) is 2.96. The van der Waals surface area contributed by atoms with Gasteiger partial charge in [-0.05, 0) is 24.6 Å². The Balaban J connectivity index is 2.11. The van der Waals surface area contributed by atoms with Crippen LogP contribution in [-0.4, -0.2) is 15.7 Å². The van der Waals surface area contributed by atoms with Gasteiger partial charge in [0.25, 0.3) is 5.91 Å². The van der Waals surface area contributed by atoms with Crippen molar-refractivity contribution in [3.05, 3.63) is 35.5 Å². The quantitative estimate of drug-likeness (QED) is 0.895. The molecule has 1 amide bonds. The number of carbonyl (C=O) groups is 1. The third-order valence-corrected chi connectivity index (χ3v) is 2.37. The molecule has 2 aromatic heterocycles. The molecule has 5 nitrogen and oxygen atoms in total. The monoisotopic (exact) mass is 239 g/mol. The van der Waals surface area contributed by atoms with Gasteiger partial charge >= 0.3 is 0 Å². The highest BCUT2D eigenvalue weighted by molar-refractivity contribution is 6.32. The zero-order valence-electron chi connectivity index (χ0n) is 8.61. The van der Waals surface area contributed by atoms with Gasteiger partial charge in [-0.15, -0.1) is 0 Å². The Bertz CT molecular complexity index is 504. The van der Waals surface area contributed by atoms with Crippen LogP contribution in [0.2, 0.25) is 5.22 Å². The number of nitrogens with one attached hydrogen (secondary N) is 1. The summed E-state index contributed by atoms with van der Waals surface area (Å²) < 4.78 is 6.55. The highest BCUT2D eigenvalue weighted by Crippen LogP contribution is 2.18. The van der Waals surface area contributed by atoms with Crippen LogP contribution >= 0.6 is 11.6 Å². The molecule has 84 valence electrons. The molecule has 0 saturated carbocycles. The van der Waals surface area contributed by atoms with Crippen molar-refractivity contribution in [2.45, 2.75) is 13.5 Å². The van der Waals surface area contributed by atoms with E-state index in [1.54, 1.807) is 17.1 Å². The van der Waals surface area contributed by atoms with Crippen LogP contribution in [0.3, 0.4) is 0 Å². The van der Waals surface area contributed by atoms with Gasteiger partial charge in [0.1, 0.15) is 0 Å². The Hall–Kier alpha value is -1.75. The van der Waals surface area contributed by atoms with E-state index in [1.807, 2.05) is 6.92 Å². The summed E-state index contributed by atoms with van der Waals surface area (Å²) >= 11 is 5.69. The lowest BCUT2D eigenvalue weighted by atomic mass is 10.3. The lowest BCUT2D eigenvalue weighted by Gasteiger charge is -1.99. The van der Waals surface area contributed by atoms with Gasteiger partial charge in [-0.2, -0.15) is 5.10 Å². The van der Waals surface area contributed by atoms with Crippen LogP contribution in [0.4, 0.5) is 5.69 Å². The lowest BCUT2D eigenvalue weighted by Crippen LogP contribution is -2.10. The zero-order chi connectivity index (χ0) is 11.5. The summed E-state index contributed by atoms with van der Waals surface area (Å²) in [5, 5.41) is 6.79. The van der Waals surface area contributed by atoms with Gasteiger partial charge in [-0.1, -0.05) is 0 Å². The molecule has 0 atom stereocenters. The van der Waals surface area contributed by atoms with Crippen molar-refractivity contribution >= 4 is 23.2 Å². The third-order valence-electron chi connectivity index (χ3n) is 2.08. The number of hydrogen-bond acceptors (Lipinski definition) is 3. The van der Waals surface area contributed by atoms with Crippen LogP contribution < -0.4 is 5.32 Å². The second kappa shape index (κ2) is 4.40. The van der Waals surface area contributed by atoms with Gasteiger partial charge in [-0.3, -0.25) is 9.48 Å². The van der Waals surface area contributed by atoms with Gasteiger partial charge in [0.2, 0.25) is 5.22 Å². The van der Waals surface area contributed by atoms with Gasteiger partial charge < -0.3 is 9.73 Å². The predicted octanol–water partition coefficient (Wildman–Crippen LogP) is 2.40. The molecule has 2 aromatic rings. The van der Waals surface area contributed by atoms with Crippen molar-refractivity contribution in [3.63, 3.8) is 0 Å². The number of hydrogen-bond donors (Lipinski definition) is 1. The average Bonchev–Trinajstić information content (AvgIpc) is 2.86. The summed E-state index contributed by atoms with van der Waals surface area (Å²) in [6.07, 6.45) is 4.69. The summed E-state index contributed by atoms with van der Waals surface area (Å²) in [7, 11) is 0. The van der Waals surface area contributed by atoms with E-state index in [-0.39, 0.29) is 11.1 Å². The number of carbonyl (C=O) groups excluding carboxylic acids is 1. The number of amides is 1. The molecule has 0 fully saturated rings. The molecule has 0 radical (unpaired) electrons. The van der Waals surface area contributed by atoms with Crippen molar-refractivity contribution in [2.24, 2.45) is 0 Å². The molecule has 0 saturated heterocycles. The molecule has 0 bridgehead atoms. The maximum atomic E-state index is 11.7. The molecule has 1 N–H and O–H groups in total. The van der Waals surface area contributed by atoms with Gasteiger partial charge in [0.15, 0.2) is 0 Å². The summed E-state index contributed by atoms with van der Waals surface area (Å²) in [5.41, 5.74) is 0.940. The summed E-state index contributed by atoms with van der Waals surface area (Å²) in [4.78, 5) is 11.7. The number of aromatic nitrogens is 2. The molecule has 0 aliphatic carbocycles. The Morgan fingerprint density at radius 3 is 3.06 bits per heavy atom. The minimum absolute atomic E-state index is 0.0837. The van der Waals surface area contributed by atoms with Crippen LogP contribution in [0.5, 0.6) is 0 Å². The Labute approximate surface area is 97.0 Å². The van der Waals surface area contributed by atoms with Crippen molar-refractivity contribution < 1.29 is 9.21 Å².